The maximum Gasteiger partial charge on any atom is 0.122 e. The van der Waals surface area contributed by atoms with Crippen LogP contribution in [-0.4, -0.2) is 56.7 Å². The first-order valence-corrected chi connectivity index (χ1v) is 7.93. The maximum absolute atomic E-state index is 5.35. The van der Waals surface area contributed by atoms with Crippen molar-refractivity contribution in [3.8, 4) is 11.5 Å². The Morgan fingerprint density at radius 2 is 1.48 bits per heavy atom. The standard InChI is InChI=1S/C17H26N2O2/c1-20-16-9-15(10-17(11-16)21-2)13-19-7-5-18(6-8-19)12-14-3-4-14/h9-11,14H,3-8,12-13H2,1-2H3. The molecule has 0 unspecified atom stereocenters. The van der Waals surface area contributed by atoms with E-state index in [1.165, 1.54) is 38.0 Å². The summed E-state index contributed by atoms with van der Waals surface area (Å²) in [5, 5.41) is 0. The van der Waals surface area contributed by atoms with Crippen LogP contribution in [-0.2, 0) is 6.54 Å². The predicted octanol–water partition coefficient (Wildman–Crippen LogP) is 2.23. The topological polar surface area (TPSA) is 24.9 Å². The van der Waals surface area contributed by atoms with Gasteiger partial charge in [-0.2, -0.15) is 0 Å². The van der Waals surface area contributed by atoms with Crippen LogP contribution in [0.2, 0.25) is 0 Å². The molecule has 1 aliphatic heterocycles. The largest absolute Gasteiger partial charge is 0.497 e. The lowest BCUT2D eigenvalue weighted by Gasteiger charge is -2.34. The van der Waals surface area contributed by atoms with Crippen LogP contribution in [0.5, 0.6) is 11.5 Å². The van der Waals surface area contributed by atoms with Gasteiger partial charge in [0.25, 0.3) is 0 Å². The third-order valence-corrected chi connectivity index (χ3v) is 4.50. The molecular weight excluding hydrogens is 264 g/mol. The molecule has 1 aromatic carbocycles. The molecule has 4 nitrogen and oxygen atoms in total. The number of hydrogen-bond donors (Lipinski definition) is 0. The number of benzene rings is 1. The van der Waals surface area contributed by atoms with Crippen LogP contribution in [0.3, 0.4) is 0 Å². The first-order valence-electron chi connectivity index (χ1n) is 7.93. The van der Waals surface area contributed by atoms with Crippen molar-refractivity contribution in [2.24, 2.45) is 5.92 Å². The zero-order chi connectivity index (χ0) is 14.7. The summed E-state index contributed by atoms with van der Waals surface area (Å²) in [6, 6.07) is 6.15. The van der Waals surface area contributed by atoms with Gasteiger partial charge in [-0.25, -0.2) is 0 Å². The average molecular weight is 290 g/mol. The molecule has 2 aliphatic rings. The van der Waals surface area contributed by atoms with Crippen molar-refractivity contribution in [1.29, 1.82) is 0 Å². The lowest BCUT2D eigenvalue weighted by Crippen LogP contribution is -2.46. The summed E-state index contributed by atoms with van der Waals surface area (Å²) in [6.07, 6.45) is 2.90. The fourth-order valence-corrected chi connectivity index (χ4v) is 3.01. The fourth-order valence-electron chi connectivity index (χ4n) is 3.01. The van der Waals surface area contributed by atoms with Crippen molar-refractivity contribution in [2.45, 2.75) is 19.4 Å². The van der Waals surface area contributed by atoms with E-state index >= 15 is 0 Å². The second kappa shape index (κ2) is 6.67. The Morgan fingerprint density at radius 1 is 0.905 bits per heavy atom. The van der Waals surface area contributed by atoms with Crippen LogP contribution < -0.4 is 9.47 Å². The number of methoxy groups -OCH3 is 2. The van der Waals surface area contributed by atoms with E-state index in [1.54, 1.807) is 14.2 Å². The zero-order valence-corrected chi connectivity index (χ0v) is 13.2. The van der Waals surface area contributed by atoms with E-state index in [2.05, 4.69) is 21.9 Å². The molecule has 1 aromatic rings. The Balaban J connectivity index is 1.54. The number of ether oxygens (including phenoxy) is 2. The van der Waals surface area contributed by atoms with Crippen LogP contribution in [0.1, 0.15) is 18.4 Å². The first-order chi connectivity index (χ1) is 10.3. The molecule has 1 saturated carbocycles. The molecule has 116 valence electrons. The first kappa shape index (κ1) is 14.7. The lowest BCUT2D eigenvalue weighted by molar-refractivity contribution is 0.123. The monoisotopic (exact) mass is 290 g/mol. The molecule has 0 radical (unpaired) electrons. The lowest BCUT2D eigenvalue weighted by atomic mass is 10.1. The summed E-state index contributed by atoms with van der Waals surface area (Å²) in [4.78, 5) is 5.15. The molecule has 0 N–H and O–H groups in total. The van der Waals surface area contributed by atoms with Crippen LogP contribution >= 0.6 is 0 Å². The van der Waals surface area contributed by atoms with Gasteiger partial charge in [-0.1, -0.05) is 0 Å². The maximum atomic E-state index is 5.35. The molecule has 3 rings (SSSR count). The van der Waals surface area contributed by atoms with Gasteiger partial charge >= 0.3 is 0 Å². The molecule has 1 aliphatic carbocycles. The number of rotatable bonds is 6. The van der Waals surface area contributed by atoms with Crippen molar-refractivity contribution in [3.63, 3.8) is 0 Å². The number of nitrogens with zero attached hydrogens (tertiary/aromatic N) is 2. The summed E-state index contributed by atoms with van der Waals surface area (Å²) in [7, 11) is 3.41. The van der Waals surface area contributed by atoms with Gasteiger partial charge in [-0.05, 0) is 36.5 Å². The second-order valence-corrected chi connectivity index (χ2v) is 6.24. The highest BCUT2D eigenvalue weighted by Gasteiger charge is 2.26. The van der Waals surface area contributed by atoms with Crippen molar-refractivity contribution >= 4 is 0 Å². The van der Waals surface area contributed by atoms with E-state index in [9.17, 15) is 0 Å². The van der Waals surface area contributed by atoms with E-state index in [4.69, 9.17) is 9.47 Å². The van der Waals surface area contributed by atoms with Crippen molar-refractivity contribution in [1.82, 2.24) is 9.80 Å². The molecule has 0 bridgehead atoms. The fraction of sp³-hybridized carbons (Fsp3) is 0.647. The van der Waals surface area contributed by atoms with Crippen molar-refractivity contribution in [2.75, 3.05) is 46.9 Å². The third-order valence-electron chi connectivity index (χ3n) is 4.50. The highest BCUT2D eigenvalue weighted by molar-refractivity contribution is 5.38. The normalized spacial score (nSPS) is 20.5. The molecule has 0 spiro atoms. The van der Waals surface area contributed by atoms with Gasteiger partial charge in [0.2, 0.25) is 0 Å². The Kier molecular flexibility index (Phi) is 4.66. The summed E-state index contributed by atoms with van der Waals surface area (Å²) in [5.41, 5.74) is 1.27. The minimum atomic E-state index is 0.872. The van der Waals surface area contributed by atoms with Crippen molar-refractivity contribution in [3.05, 3.63) is 23.8 Å². The van der Waals surface area contributed by atoms with Crippen LogP contribution in [0, 0.1) is 5.92 Å². The summed E-state index contributed by atoms with van der Waals surface area (Å²) < 4.78 is 10.7. The Bertz CT molecular complexity index is 444. The highest BCUT2D eigenvalue weighted by Crippen LogP contribution is 2.30. The van der Waals surface area contributed by atoms with Gasteiger partial charge in [-0.15, -0.1) is 0 Å². The van der Waals surface area contributed by atoms with Gasteiger partial charge < -0.3 is 14.4 Å². The highest BCUT2D eigenvalue weighted by atomic mass is 16.5. The average Bonchev–Trinajstić information content (AvgIpc) is 3.33. The van der Waals surface area contributed by atoms with E-state index in [-0.39, 0.29) is 0 Å². The Labute approximate surface area is 127 Å². The second-order valence-electron chi connectivity index (χ2n) is 6.24. The summed E-state index contributed by atoms with van der Waals surface area (Å²) >= 11 is 0. The number of piperazine rings is 1. The van der Waals surface area contributed by atoms with Gasteiger partial charge in [-0.3, -0.25) is 4.90 Å². The molecule has 0 atom stereocenters. The Hall–Kier alpha value is -1.26. The zero-order valence-electron chi connectivity index (χ0n) is 13.2. The van der Waals surface area contributed by atoms with Crippen LogP contribution in [0.4, 0.5) is 0 Å². The van der Waals surface area contributed by atoms with Crippen LogP contribution in [0.15, 0.2) is 18.2 Å². The SMILES string of the molecule is COc1cc(CN2CCN(CC3CC3)CC2)cc(OC)c1. The molecular formula is C17H26N2O2. The van der Waals surface area contributed by atoms with Crippen LogP contribution in [0.25, 0.3) is 0 Å². The van der Waals surface area contributed by atoms with E-state index in [1.807, 2.05) is 6.07 Å². The smallest absolute Gasteiger partial charge is 0.122 e. The quantitative estimate of drug-likeness (QED) is 0.802. The van der Waals surface area contributed by atoms with E-state index in [0.717, 1.165) is 37.1 Å². The molecule has 1 heterocycles. The number of hydrogen-bond acceptors (Lipinski definition) is 4. The van der Waals surface area contributed by atoms with Gasteiger partial charge in [0.05, 0.1) is 14.2 Å². The van der Waals surface area contributed by atoms with Gasteiger partial charge in [0, 0.05) is 45.3 Å². The molecule has 0 aromatic heterocycles. The van der Waals surface area contributed by atoms with Crippen molar-refractivity contribution < 1.29 is 9.47 Å². The molecule has 1 saturated heterocycles. The molecule has 4 heteroatoms. The van der Waals surface area contributed by atoms with E-state index in [0.29, 0.717) is 0 Å². The minimum Gasteiger partial charge on any atom is -0.497 e. The van der Waals surface area contributed by atoms with Gasteiger partial charge in [0.1, 0.15) is 11.5 Å². The van der Waals surface area contributed by atoms with Gasteiger partial charge in [0.15, 0.2) is 0 Å². The summed E-state index contributed by atoms with van der Waals surface area (Å²) in [5.74, 6) is 2.74. The Morgan fingerprint density at radius 3 is 2.00 bits per heavy atom. The van der Waals surface area contributed by atoms with E-state index < -0.39 is 0 Å². The molecule has 2 fully saturated rings. The molecule has 0 amide bonds. The summed E-state index contributed by atoms with van der Waals surface area (Å²) in [6.45, 7) is 7.03. The predicted molar refractivity (Wildman–Crippen MR) is 84.0 cm³/mol. The molecule has 21 heavy (non-hydrogen) atoms. The minimum absolute atomic E-state index is 0.872. The third kappa shape index (κ3) is 4.11.